The van der Waals surface area contributed by atoms with Crippen molar-refractivity contribution < 1.29 is 23.0 Å². The van der Waals surface area contributed by atoms with Crippen LogP contribution in [0.5, 0.6) is 0 Å². The van der Waals surface area contributed by atoms with Crippen LogP contribution in [0.3, 0.4) is 0 Å². The standard InChI is InChI=1S/C6H10F3NO2/c7-6(8,9)3-10-4-1-12-2-5(4)11/h4-5,10-11H,1-3H2. The van der Waals surface area contributed by atoms with Crippen molar-refractivity contribution in [2.75, 3.05) is 19.8 Å². The zero-order chi connectivity index (χ0) is 9.19. The second-order valence-corrected chi connectivity index (χ2v) is 2.71. The van der Waals surface area contributed by atoms with Crippen molar-refractivity contribution in [2.45, 2.75) is 18.3 Å². The van der Waals surface area contributed by atoms with Gasteiger partial charge in [-0.25, -0.2) is 0 Å². The predicted octanol–water partition coefficient (Wildman–Crippen LogP) is -0.102. The Morgan fingerprint density at radius 3 is 2.50 bits per heavy atom. The minimum atomic E-state index is -4.23. The van der Waals surface area contributed by atoms with Gasteiger partial charge in [-0.2, -0.15) is 13.2 Å². The van der Waals surface area contributed by atoms with Crippen molar-refractivity contribution >= 4 is 0 Å². The van der Waals surface area contributed by atoms with Crippen molar-refractivity contribution in [1.82, 2.24) is 5.32 Å². The Balaban J connectivity index is 2.23. The fourth-order valence-electron chi connectivity index (χ4n) is 0.985. The third-order valence-electron chi connectivity index (χ3n) is 1.62. The number of aliphatic hydroxyl groups excluding tert-OH is 1. The van der Waals surface area contributed by atoms with Gasteiger partial charge >= 0.3 is 6.18 Å². The Bertz CT molecular complexity index is 150. The average Bonchev–Trinajstić information content (AvgIpc) is 2.29. The highest BCUT2D eigenvalue weighted by Gasteiger charge is 2.32. The molecule has 0 aromatic carbocycles. The van der Waals surface area contributed by atoms with Crippen molar-refractivity contribution in [2.24, 2.45) is 0 Å². The van der Waals surface area contributed by atoms with E-state index in [9.17, 15) is 13.2 Å². The van der Waals surface area contributed by atoms with Crippen LogP contribution in [0.15, 0.2) is 0 Å². The molecule has 0 amide bonds. The summed E-state index contributed by atoms with van der Waals surface area (Å²) in [6.45, 7) is -0.842. The Morgan fingerprint density at radius 1 is 1.42 bits per heavy atom. The molecule has 0 saturated carbocycles. The zero-order valence-corrected chi connectivity index (χ0v) is 6.27. The van der Waals surface area contributed by atoms with E-state index in [0.717, 1.165) is 0 Å². The first-order valence-corrected chi connectivity index (χ1v) is 3.55. The topological polar surface area (TPSA) is 41.5 Å². The normalized spacial score (nSPS) is 31.0. The summed E-state index contributed by atoms with van der Waals surface area (Å²) in [5.41, 5.74) is 0. The van der Waals surface area contributed by atoms with E-state index in [-0.39, 0.29) is 13.2 Å². The third-order valence-corrected chi connectivity index (χ3v) is 1.62. The molecule has 1 heterocycles. The van der Waals surface area contributed by atoms with Crippen LogP contribution in [0.4, 0.5) is 13.2 Å². The number of alkyl halides is 3. The molecule has 72 valence electrons. The molecule has 6 heteroatoms. The Kier molecular flexibility index (Phi) is 2.92. The highest BCUT2D eigenvalue weighted by atomic mass is 19.4. The lowest BCUT2D eigenvalue weighted by atomic mass is 10.2. The lowest BCUT2D eigenvalue weighted by molar-refractivity contribution is -0.127. The molecule has 0 radical (unpaired) electrons. The number of halogens is 3. The smallest absolute Gasteiger partial charge is 0.389 e. The number of ether oxygens (including phenoxy) is 1. The number of hydrogen-bond acceptors (Lipinski definition) is 3. The minimum absolute atomic E-state index is 0.107. The summed E-state index contributed by atoms with van der Waals surface area (Å²) >= 11 is 0. The van der Waals surface area contributed by atoms with Gasteiger partial charge in [0.25, 0.3) is 0 Å². The molecule has 2 atom stereocenters. The Morgan fingerprint density at radius 2 is 2.08 bits per heavy atom. The molecule has 2 unspecified atom stereocenters. The van der Waals surface area contributed by atoms with E-state index in [1.165, 1.54) is 0 Å². The average molecular weight is 185 g/mol. The van der Waals surface area contributed by atoms with Crippen molar-refractivity contribution in [3.63, 3.8) is 0 Å². The van der Waals surface area contributed by atoms with E-state index < -0.39 is 24.9 Å². The molecule has 1 aliphatic rings. The zero-order valence-electron chi connectivity index (χ0n) is 6.27. The van der Waals surface area contributed by atoms with E-state index in [0.29, 0.717) is 0 Å². The monoisotopic (exact) mass is 185 g/mol. The molecule has 0 aliphatic carbocycles. The van der Waals surface area contributed by atoms with Crippen molar-refractivity contribution in [3.05, 3.63) is 0 Å². The fourth-order valence-corrected chi connectivity index (χ4v) is 0.985. The molecule has 0 spiro atoms. The quantitative estimate of drug-likeness (QED) is 0.631. The number of rotatable bonds is 2. The van der Waals surface area contributed by atoms with Gasteiger partial charge in [-0.1, -0.05) is 0 Å². The second kappa shape index (κ2) is 3.59. The van der Waals surface area contributed by atoms with E-state index in [1.807, 2.05) is 0 Å². The summed E-state index contributed by atoms with van der Waals surface area (Å²) in [5.74, 6) is 0. The third kappa shape index (κ3) is 2.96. The largest absolute Gasteiger partial charge is 0.401 e. The SMILES string of the molecule is OC1COCC1NCC(F)(F)F. The highest BCUT2D eigenvalue weighted by Crippen LogP contribution is 2.14. The van der Waals surface area contributed by atoms with Gasteiger partial charge in [-0.15, -0.1) is 0 Å². The first-order chi connectivity index (χ1) is 5.49. The van der Waals surface area contributed by atoms with Gasteiger partial charge in [0.2, 0.25) is 0 Å². The Hall–Kier alpha value is -0.330. The van der Waals surface area contributed by atoms with Crippen LogP contribution in [0, 0.1) is 0 Å². The van der Waals surface area contributed by atoms with E-state index in [2.05, 4.69) is 5.32 Å². The summed E-state index contributed by atoms with van der Waals surface area (Å²) in [6, 6.07) is -0.591. The summed E-state index contributed by atoms with van der Waals surface area (Å²) in [6.07, 6.45) is -5.06. The fraction of sp³-hybridized carbons (Fsp3) is 1.00. The molecular weight excluding hydrogens is 175 g/mol. The molecule has 3 nitrogen and oxygen atoms in total. The van der Waals surface area contributed by atoms with Crippen LogP contribution in [0.25, 0.3) is 0 Å². The molecule has 1 aliphatic heterocycles. The van der Waals surface area contributed by atoms with Crippen LogP contribution >= 0.6 is 0 Å². The van der Waals surface area contributed by atoms with E-state index in [1.54, 1.807) is 0 Å². The van der Waals surface area contributed by atoms with Gasteiger partial charge in [0.05, 0.1) is 31.9 Å². The number of nitrogens with one attached hydrogen (secondary N) is 1. The van der Waals surface area contributed by atoms with Crippen LogP contribution < -0.4 is 5.32 Å². The maximum atomic E-state index is 11.7. The molecular formula is C6H10F3NO2. The highest BCUT2D eigenvalue weighted by molar-refractivity contribution is 4.81. The lowest BCUT2D eigenvalue weighted by Crippen LogP contribution is -2.43. The summed E-state index contributed by atoms with van der Waals surface area (Å²) in [5, 5.41) is 11.2. The van der Waals surface area contributed by atoms with Crippen LogP contribution in [-0.2, 0) is 4.74 Å². The van der Waals surface area contributed by atoms with Gasteiger partial charge in [0, 0.05) is 0 Å². The molecule has 2 N–H and O–H groups in total. The first-order valence-electron chi connectivity index (χ1n) is 3.55. The number of hydrogen-bond donors (Lipinski definition) is 2. The van der Waals surface area contributed by atoms with E-state index in [4.69, 9.17) is 9.84 Å². The maximum Gasteiger partial charge on any atom is 0.401 e. The van der Waals surface area contributed by atoms with Gasteiger partial charge in [0.15, 0.2) is 0 Å². The van der Waals surface area contributed by atoms with Gasteiger partial charge in [0.1, 0.15) is 0 Å². The maximum absolute atomic E-state index is 11.7. The van der Waals surface area contributed by atoms with Gasteiger partial charge < -0.3 is 15.2 Å². The van der Waals surface area contributed by atoms with Crippen molar-refractivity contribution in [3.8, 4) is 0 Å². The minimum Gasteiger partial charge on any atom is -0.389 e. The summed E-state index contributed by atoms with van der Waals surface area (Å²) < 4.78 is 39.7. The van der Waals surface area contributed by atoms with Crippen LogP contribution in [0.2, 0.25) is 0 Å². The summed E-state index contributed by atoms with van der Waals surface area (Å²) in [4.78, 5) is 0. The molecule has 1 saturated heterocycles. The molecule has 1 fully saturated rings. The molecule has 0 aromatic rings. The van der Waals surface area contributed by atoms with Gasteiger partial charge in [-0.3, -0.25) is 0 Å². The second-order valence-electron chi connectivity index (χ2n) is 2.71. The first kappa shape index (κ1) is 9.76. The Labute approximate surface area is 67.5 Å². The van der Waals surface area contributed by atoms with Crippen LogP contribution in [0.1, 0.15) is 0 Å². The lowest BCUT2D eigenvalue weighted by Gasteiger charge is -2.15. The molecule has 12 heavy (non-hydrogen) atoms. The van der Waals surface area contributed by atoms with Crippen LogP contribution in [-0.4, -0.2) is 43.2 Å². The molecule has 0 bridgehead atoms. The number of aliphatic hydroxyl groups is 1. The predicted molar refractivity (Wildman–Crippen MR) is 34.7 cm³/mol. The van der Waals surface area contributed by atoms with E-state index >= 15 is 0 Å². The molecule has 0 aromatic heterocycles. The van der Waals surface area contributed by atoms with Gasteiger partial charge in [-0.05, 0) is 0 Å². The summed E-state index contributed by atoms with van der Waals surface area (Å²) in [7, 11) is 0. The van der Waals surface area contributed by atoms with Crippen molar-refractivity contribution in [1.29, 1.82) is 0 Å². The molecule has 1 rings (SSSR count).